The van der Waals surface area contributed by atoms with Crippen molar-refractivity contribution in [2.45, 2.75) is 139 Å². The van der Waals surface area contributed by atoms with Crippen LogP contribution < -0.4 is 4.52 Å². The molecule has 11 rings (SSSR count). The van der Waals surface area contributed by atoms with Gasteiger partial charge in [0.15, 0.2) is 23.8 Å². The lowest BCUT2D eigenvalue weighted by molar-refractivity contribution is -0.541. The van der Waals surface area contributed by atoms with Crippen LogP contribution in [0.25, 0.3) is 0 Å². The number of hydrogen-bond acceptors (Lipinski definition) is 12. The lowest BCUT2D eigenvalue weighted by Gasteiger charge is -2.51. The summed E-state index contributed by atoms with van der Waals surface area (Å²) in [5.74, 6) is -0.493. The van der Waals surface area contributed by atoms with Gasteiger partial charge in [-0.1, -0.05) is 32.0 Å². The van der Waals surface area contributed by atoms with Crippen LogP contribution in [0.5, 0.6) is 5.75 Å². The highest BCUT2D eigenvalue weighted by Crippen LogP contribution is 2.66. The van der Waals surface area contributed by atoms with E-state index in [9.17, 15) is 4.57 Å². The molecule has 8 heterocycles. The molecule has 12 nitrogen and oxygen atoms in total. The van der Waals surface area contributed by atoms with E-state index in [1.165, 1.54) is 0 Å². The number of benzene rings is 1. The smallest absolute Gasteiger partial charge is 0.404 e. The molecule has 0 amide bonds. The molecule has 0 radical (unpaired) electrons. The van der Waals surface area contributed by atoms with Gasteiger partial charge in [-0.3, -0.25) is 9.05 Å². The first-order valence-electron chi connectivity index (χ1n) is 18.3. The minimum Gasteiger partial charge on any atom is -0.404 e. The molecule has 1 aromatic rings. The van der Waals surface area contributed by atoms with Crippen LogP contribution in [0.2, 0.25) is 0 Å². The molecular formula is C36H51O12P. The third-order valence-electron chi connectivity index (χ3n) is 13.6. The van der Waals surface area contributed by atoms with Crippen LogP contribution in [0.3, 0.4) is 0 Å². The van der Waals surface area contributed by atoms with Gasteiger partial charge in [-0.25, -0.2) is 24.1 Å². The lowest BCUT2D eigenvalue weighted by atomic mass is 9.60. The van der Waals surface area contributed by atoms with Crippen LogP contribution in [0, 0.1) is 35.5 Å². The molecule has 10 fully saturated rings. The first-order chi connectivity index (χ1) is 23.2. The van der Waals surface area contributed by atoms with Gasteiger partial charge in [-0.15, -0.1) is 0 Å². The average Bonchev–Trinajstić information content (AvgIpc) is 3.19. The van der Waals surface area contributed by atoms with E-state index >= 15 is 0 Å². The maximum atomic E-state index is 14.8. The normalized spacial score (nSPS) is 53.7. The van der Waals surface area contributed by atoms with Gasteiger partial charge in [0.1, 0.15) is 5.75 Å². The van der Waals surface area contributed by atoms with E-state index in [0.717, 1.165) is 51.4 Å². The van der Waals surface area contributed by atoms with Crippen molar-refractivity contribution < 1.29 is 56.6 Å². The van der Waals surface area contributed by atoms with E-state index in [0.29, 0.717) is 17.6 Å². The molecule has 1 aromatic carbocycles. The zero-order valence-corrected chi connectivity index (χ0v) is 30.3. The second-order valence-corrected chi connectivity index (χ2v) is 18.6. The predicted molar refractivity (Wildman–Crippen MR) is 171 cm³/mol. The Bertz CT molecular complexity index is 1410. The average molecular weight is 707 g/mol. The van der Waals surface area contributed by atoms with E-state index in [1.807, 2.05) is 45.9 Å². The van der Waals surface area contributed by atoms with Crippen molar-refractivity contribution in [1.29, 1.82) is 0 Å². The highest BCUT2D eigenvalue weighted by atomic mass is 31.2. The monoisotopic (exact) mass is 706 g/mol. The van der Waals surface area contributed by atoms with Crippen molar-refractivity contribution in [3.05, 3.63) is 30.3 Å². The van der Waals surface area contributed by atoms with Gasteiger partial charge in [0.2, 0.25) is 11.6 Å². The van der Waals surface area contributed by atoms with Crippen molar-refractivity contribution in [2.75, 3.05) is 13.2 Å². The summed E-state index contributed by atoms with van der Waals surface area (Å²) in [6, 6.07) is 8.94. The van der Waals surface area contributed by atoms with Gasteiger partial charge >= 0.3 is 7.82 Å². The van der Waals surface area contributed by atoms with E-state index in [1.54, 1.807) is 12.1 Å². The quantitative estimate of drug-likeness (QED) is 0.201. The molecule has 8 aliphatic heterocycles. The van der Waals surface area contributed by atoms with Gasteiger partial charge in [-0.2, -0.15) is 0 Å². The summed E-state index contributed by atoms with van der Waals surface area (Å²) in [4.78, 5) is 24.6. The predicted octanol–water partition coefficient (Wildman–Crippen LogP) is 7.22. The fraction of sp³-hybridized carbons (Fsp3) is 0.833. The Balaban J connectivity index is 0.988. The Morgan fingerprint density at radius 3 is 1.59 bits per heavy atom. The Kier molecular flexibility index (Phi) is 7.68. The summed E-state index contributed by atoms with van der Waals surface area (Å²) in [5, 5.41) is 0. The molecule has 13 heteroatoms. The summed E-state index contributed by atoms with van der Waals surface area (Å²) in [6.07, 6.45) is 5.62. The van der Waals surface area contributed by atoms with Crippen molar-refractivity contribution >= 4 is 7.82 Å². The first-order valence-corrected chi connectivity index (χ1v) is 19.8. The van der Waals surface area contributed by atoms with Crippen LogP contribution in [0.1, 0.15) is 92.9 Å². The summed E-state index contributed by atoms with van der Waals surface area (Å²) in [6.45, 7) is 12.1. The number of para-hydroxylation sites is 1. The number of phosphoric acid groups is 1. The molecule has 272 valence electrons. The van der Waals surface area contributed by atoms with Crippen LogP contribution in [0.4, 0.5) is 0 Å². The van der Waals surface area contributed by atoms with Crippen LogP contribution in [-0.4, -0.2) is 59.8 Å². The summed E-state index contributed by atoms with van der Waals surface area (Å²) in [5.41, 5.74) is -3.42. The van der Waals surface area contributed by atoms with Gasteiger partial charge in [-0.05, 0) is 102 Å². The molecule has 14 atom stereocenters. The third kappa shape index (κ3) is 4.96. The maximum Gasteiger partial charge on any atom is 0.530 e. The van der Waals surface area contributed by atoms with Crippen LogP contribution in [-0.2, 0) is 52.1 Å². The highest BCUT2D eigenvalue weighted by Gasteiger charge is 2.76. The van der Waals surface area contributed by atoms with E-state index in [2.05, 4.69) is 13.8 Å². The fourth-order valence-corrected chi connectivity index (χ4v) is 12.4. The molecule has 0 aromatic heterocycles. The molecule has 4 bridgehead atoms. The third-order valence-corrected chi connectivity index (χ3v) is 15.0. The molecule has 49 heavy (non-hydrogen) atoms. The molecule has 0 N–H and O–H groups in total. The zero-order chi connectivity index (χ0) is 34.1. The largest absolute Gasteiger partial charge is 0.530 e. The maximum absolute atomic E-state index is 14.8. The van der Waals surface area contributed by atoms with Gasteiger partial charge in [0, 0.05) is 24.7 Å². The van der Waals surface area contributed by atoms with Crippen molar-refractivity contribution in [1.82, 2.24) is 0 Å². The van der Waals surface area contributed by atoms with E-state index in [4.69, 9.17) is 52.1 Å². The van der Waals surface area contributed by atoms with Gasteiger partial charge < -0.3 is 23.5 Å². The van der Waals surface area contributed by atoms with Crippen LogP contribution >= 0.6 is 7.82 Å². The van der Waals surface area contributed by atoms with Crippen molar-refractivity contribution in [3.8, 4) is 5.75 Å². The second-order valence-electron chi connectivity index (χ2n) is 17.0. The lowest BCUT2D eigenvalue weighted by Crippen LogP contribution is -2.62. The Labute approximate surface area is 288 Å². The highest BCUT2D eigenvalue weighted by molar-refractivity contribution is 7.48. The van der Waals surface area contributed by atoms with Crippen molar-refractivity contribution in [2.24, 2.45) is 35.5 Å². The summed E-state index contributed by atoms with van der Waals surface area (Å²) in [7, 11) is -4.28. The van der Waals surface area contributed by atoms with Gasteiger partial charge in [0.05, 0.1) is 24.4 Å². The zero-order valence-electron chi connectivity index (χ0n) is 29.4. The minimum absolute atomic E-state index is 0.0733. The van der Waals surface area contributed by atoms with Crippen molar-refractivity contribution in [3.63, 3.8) is 0 Å². The molecule has 10 aliphatic rings. The Hall–Kier alpha value is -1.15. The standard InChI is InChI=1S/C36H51O12P/c1-22-12-14-27-31(3,40-29-35(27)25(22)16-18-33(5,42-29)45-47-35)20-38-49(37,44-24-10-8-7-9-11-24)39-21-32(4)28-15-13-23(2)26-17-19-34(6)43-30(41-32)36(26,28)48-46-34/h7-11,22-23,25-30H,12-21H2,1-6H3/t22-,23-,25+,26+,27+,28+,29-,30-,31-,32-,33-,34-,35-,36-/m1/s1. The molecular weight excluding hydrogens is 655 g/mol. The first kappa shape index (κ1) is 33.7. The minimum atomic E-state index is -4.28. The fourth-order valence-electron chi connectivity index (χ4n) is 11.0. The molecule has 2 saturated carbocycles. The molecule has 0 unspecified atom stereocenters. The molecule has 8 saturated heterocycles. The van der Waals surface area contributed by atoms with Gasteiger partial charge in [0.25, 0.3) is 0 Å². The SMILES string of the molecule is C[C@@H]1CC[C@@H]2[C@]34OO[C@](C)(CC[C@@H]13)O[C@H]4O[C@]2(C)COP(=O)(OC[C@@]1(C)O[C@@H]2O[C@@]3(C)CC[C@H]4[C@H](C)CC[C@@H]1[C@@]24OO3)Oc1ccccc1. The number of rotatable bonds is 8. The second kappa shape index (κ2) is 11.2. The summed E-state index contributed by atoms with van der Waals surface area (Å²) < 4.78 is 60.1. The Morgan fingerprint density at radius 2 is 1.12 bits per heavy atom. The summed E-state index contributed by atoms with van der Waals surface area (Å²) >= 11 is 0. The molecule has 2 spiro atoms. The number of ether oxygens (including phenoxy) is 4. The van der Waals surface area contributed by atoms with Crippen LogP contribution in [0.15, 0.2) is 30.3 Å². The van der Waals surface area contributed by atoms with E-state index in [-0.39, 0.29) is 36.9 Å². The molecule has 2 aliphatic carbocycles. The number of phosphoric ester groups is 1. The number of hydrogen-bond donors (Lipinski definition) is 0. The number of fused-ring (bicyclic) bond motifs is 4. The topological polar surface area (TPSA) is 119 Å². The van der Waals surface area contributed by atoms with E-state index < -0.39 is 54.4 Å². The Morgan fingerprint density at radius 1 is 0.653 bits per heavy atom.